The molecule has 0 spiro atoms. The van der Waals surface area contributed by atoms with Crippen LogP contribution in [0.4, 0.5) is 0 Å². The number of hydrogen-bond donors (Lipinski definition) is 2. The molecule has 0 aliphatic rings. The first-order valence-corrected chi connectivity index (χ1v) is 8.70. The van der Waals surface area contributed by atoms with Crippen LogP contribution in [0.25, 0.3) is 11.4 Å². The number of benzene rings is 1. The molecule has 1 aromatic carbocycles. The van der Waals surface area contributed by atoms with Crippen LogP contribution in [0.15, 0.2) is 46.2 Å². The highest BCUT2D eigenvalue weighted by Gasteiger charge is 2.13. The number of carbonyl (C=O) groups excluding carboxylic acids is 1. The fourth-order valence-corrected chi connectivity index (χ4v) is 2.88. The summed E-state index contributed by atoms with van der Waals surface area (Å²) in [6.45, 7) is 0.353. The van der Waals surface area contributed by atoms with E-state index in [2.05, 4.69) is 20.5 Å². The summed E-state index contributed by atoms with van der Waals surface area (Å²) in [5.74, 6) is 1.93. The van der Waals surface area contributed by atoms with Gasteiger partial charge in [0.2, 0.25) is 11.1 Å². The molecule has 7 nitrogen and oxygen atoms in total. The highest BCUT2D eigenvalue weighted by atomic mass is 35.5. The Kier molecular flexibility index (Phi) is 5.62. The second kappa shape index (κ2) is 8.09. The number of furan rings is 1. The highest BCUT2D eigenvalue weighted by molar-refractivity contribution is 7.99. The fraction of sp³-hybridized carbons (Fsp3) is 0.188. The lowest BCUT2D eigenvalue weighted by molar-refractivity contribution is -0.118. The summed E-state index contributed by atoms with van der Waals surface area (Å²) >= 11 is 7.26. The zero-order valence-electron chi connectivity index (χ0n) is 13.3. The van der Waals surface area contributed by atoms with Gasteiger partial charge in [0.15, 0.2) is 5.82 Å². The van der Waals surface area contributed by atoms with E-state index in [1.807, 2.05) is 0 Å². The molecule has 2 heterocycles. The second-order valence-electron chi connectivity index (χ2n) is 4.96. The van der Waals surface area contributed by atoms with Gasteiger partial charge in [0, 0.05) is 5.02 Å². The van der Waals surface area contributed by atoms with Gasteiger partial charge in [-0.25, -0.2) is 4.98 Å². The first kappa shape index (κ1) is 17.4. The summed E-state index contributed by atoms with van der Waals surface area (Å²) < 4.78 is 10.5. The normalized spacial score (nSPS) is 10.6. The van der Waals surface area contributed by atoms with Gasteiger partial charge in [-0.05, 0) is 30.3 Å². The Morgan fingerprint density at radius 2 is 2.32 bits per heavy atom. The molecule has 0 bridgehead atoms. The number of methoxy groups -OCH3 is 1. The Morgan fingerprint density at radius 3 is 3.08 bits per heavy atom. The van der Waals surface area contributed by atoms with Crippen LogP contribution in [0.1, 0.15) is 5.76 Å². The quantitative estimate of drug-likeness (QED) is 0.613. The van der Waals surface area contributed by atoms with Gasteiger partial charge < -0.3 is 14.5 Å². The Morgan fingerprint density at radius 1 is 1.44 bits per heavy atom. The zero-order chi connectivity index (χ0) is 17.6. The average Bonchev–Trinajstić information content (AvgIpc) is 3.30. The van der Waals surface area contributed by atoms with Gasteiger partial charge in [0.05, 0.1) is 31.2 Å². The Bertz CT molecular complexity index is 851. The second-order valence-corrected chi connectivity index (χ2v) is 6.33. The van der Waals surface area contributed by atoms with Gasteiger partial charge in [-0.1, -0.05) is 23.4 Å². The number of H-pyrrole nitrogens is 1. The standard InChI is InChI=1S/C16H15ClN4O3S/c1-23-13-5-4-10(17)7-12(13)15-19-16(21-20-15)25-9-14(22)18-8-11-3-2-6-24-11/h2-7H,8-9H2,1H3,(H,18,22)(H,19,20,21). The largest absolute Gasteiger partial charge is 0.496 e. The predicted molar refractivity (Wildman–Crippen MR) is 94.7 cm³/mol. The third kappa shape index (κ3) is 4.55. The number of hydrogen-bond acceptors (Lipinski definition) is 6. The van der Waals surface area contributed by atoms with Gasteiger partial charge in [0.25, 0.3) is 0 Å². The smallest absolute Gasteiger partial charge is 0.230 e. The van der Waals surface area contributed by atoms with Crippen molar-refractivity contribution in [1.29, 1.82) is 0 Å². The van der Waals surface area contributed by atoms with Crippen LogP contribution >= 0.6 is 23.4 Å². The summed E-state index contributed by atoms with van der Waals surface area (Å²) in [5.41, 5.74) is 0.705. The van der Waals surface area contributed by atoms with Gasteiger partial charge in [0.1, 0.15) is 11.5 Å². The molecular formula is C16H15ClN4O3S. The van der Waals surface area contributed by atoms with Crippen molar-refractivity contribution in [2.24, 2.45) is 0 Å². The molecule has 2 N–H and O–H groups in total. The summed E-state index contributed by atoms with van der Waals surface area (Å²) in [6.07, 6.45) is 1.57. The first-order valence-electron chi connectivity index (χ1n) is 7.34. The van der Waals surface area contributed by atoms with Crippen molar-refractivity contribution in [3.8, 4) is 17.1 Å². The van der Waals surface area contributed by atoms with E-state index >= 15 is 0 Å². The van der Waals surface area contributed by atoms with Crippen molar-refractivity contribution in [2.75, 3.05) is 12.9 Å². The Hall–Kier alpha value is -2.45. The molecular weight excluding hydrogens is 364 g/mol. The third-order valence-corrected chi connectivity index (χ3v) is 4.34. The van der Waals surface area contributed by atoms with Gasteiger partial charge in [-0.3, -0.25) is 9.89 Å². The van der Waals surface area contributed by atoms with Crippen LogP contribution in [0.3, 0.4) is 0 Å². The number of amides is 1. The van der Waals surface area contributed by atoms with E-state index in [0.717, 1.165) is 0 Å². The van der Waals surface area contributed by atoms with Gasteiger partial charge in [-0.15, -0.1) is 5.10 Å². The monoisotopic (exact) mass is 378 g/mol. The van der Waals surface area contributed by atoms with E-state index in [9.17, 15) is 4.79 Å². The molecule has 0 atom stereocenters. The number of carbonyl (C=O) groups is 1. The number of halogens is 1. The Balaban J connectivity index is 1.58. The summed E-state index contributed by atoms with van der Waals surface area (Å²) in [4.78, 5) is 16.2. The molecule has 1 amide bonds. The van der Waals surface area contributed by atoms with E-state index in [1.165, 1.54) is 11.8 Å². The van der Waals surface area contributed by atoms with Crippen molar-refractivity contribution in [3.63, 3.8) is 0 Å². The maximum Gasteiger partial charge on any atom is 0.230 e. The highest BCUT2D eigenvalue weighted by Crippen LogP contribution is 2.31. The minimum atomic E-state index is -0.131. The number of thioether (sulfide) groups is 1. The van der Waals surface area contributed by atoms with Gasteiger partial charge in [-0.2, -0.15) is 0 Å². The fourth-order valence-electron chi connectivity index (χ4n) is 2.08. The van der Waals surface area contributed by atoms with Crippen molar-refractivity contribution >= 4 is 29.3 Å². The molecule has 0 unspecified atom stereocenters. The summed E-state index contributed by atoms with van der Waals surface area (Å²) in [5, 5.41) is 10.7. The third-order valence-electron chi connectivity index (χ3n) is 3.25. The van der Waals surface area contributed by atoms with Crippen LogP contribution < -0.4 is 10.1 Å². The molecule has 25 heavy (non-hydrogen) atoms. The molecule has 0 saturated carbocycles. The maximum atomic E-state index is 11.9. The predicted octanol–water partition coefficient (Wildman–Crippen LogP) is 3.14. The first-order chi connectivity index (χ1) is 12.2. The molecule has 0 aliphatic heterocycles. The lowest BCUT2D eigenvalue weighted by Gasteiger charge is -2.05. The summed E-state index contributed by atoms with van der Waals surface area (Å²) in [7, 11) is 1.57. The number of nitrogens with zero attached hydrogens (tertiary/aromatic N) is 2. The van der Waals surface area contributed by atoms with Crippen molar-refractivity contribution in [2.45, 2.75) is 11.7 Å². The van der Waals surface area contributed by atoms with E-state index < -0.39 is 0 Å². The van der Waals surface area contributed by atoms with Crippen LogP contribution in [0.5, 0.6) is 5.75 Å². The molecule has 0 saturated heterocycles. The van der Waals surface area contributed by atoms with Crippen LogP contribution in [0, 0.1) is 0 Å². The van der Waals surface area contributed by atoms with Crippen molar-refractivity contribution in [3.05, 3.63) is 47.4 Å². The molecule has 9 heteroatoms. The van der Waals surface area contributed by atoms with E-state index in [1.54, 1.807) is 43.7 Å². The molecule has 130 valence electrons. The van der Waals surface area contributed by atoms with E-state index in [0.29, 0.717) is 39.6 Å². The minimum Gasteiger partial charge on any atom is -0.496 e. The van der Waals surface area contributed by atoms with Crippen LogP contribution in [0.2, 0.25) is 5.02 Å². The van der Waals surface area contributed by atoms with E-state index in [4.69, 9.17) is 20.8 Å². The molecule has 0 fully saturated rings. The average molecular weight is 379 g/mol. The maximum absolute atomic E-state index is 11.9. The molecule has 0 radical (unpaired) electrons. The zero-order valence-corrected chi connectivity index (χ0v) is 14.9. The number of ether oxygens (including phenoxy) is 1. The number of nitrogens with one attached hydrogen (secondary N) is 2. The molecule has 2 aromatic heterocycles. The molecule has 3 rings (SSSR count). The topological polar surface area (TPSA) is 93.0 Å². The molecule has 3 aromatic rings. The summed E-state index contributed by atoms with van der Waals surface area (Å²) in [6, 6.07) is 8.81. The lowest BCUT2D eigenvalue weighted by atomic mass is 10.2. The number of aromatic nitrogens is 3. The van der Waals surface area contributed by atoms with E-state index in [-0.39, 0.29) is 11.7 Å². The SMILES string of the molecule is COc1ccc(Cl)cc1-c1nc(SCC(=O)NCc2ccco2)n[nH]1. The van der Waals surface area contributed by atoms with Crippen molar-refractivity contribution < 1.29 is 13.9 Å². The Labute approximate surface area is 153 Å². The molecule has 0 aliphatic carbocycles. The lowest BCUT2D eigenvalue weighted by Crippen LogP contribution is -2.24. The number of rotatable bonds is 7. The van der Waals surface area contributed by atoms with Gasteiger partial charge >= 0.3 is 0 Å². The van der Waals surface area contributed by atoms with Crippen molar-refractivity contribution in [1.82, 2.24) is 20.5 Å². The van der Waals surface area contributed by atoms with Crippen LogP contribution in [-0.4, -0.2) is 34.0 Å². The van der Waals surface area contributed by atoms with Crippen LogP contribution in [-0.2, 0) is 11.3 Å². The minimum absolute atomic E-state index is 0.131. The number of aromatic amines is 1.